The number of oxazole rings is 2. The highest BCUT2D eigenvalue weighted by atomic mass is 16.5. The van der Waals surface area contributed by atoms with Gasteiger partial charge in [0.25, 0.3) is 0 Å². The Labute approximate surface area is 337 Å². The van der Waals surface area contributed by atoms with Gasteiger partial charge >= 0.3 is 12.0 Å². The number of benzene rings is 2. The average Bonchev–Trinajstić information content (AvgIpc) is 4.03. The first-order valence-electron chi connectivity index (χ1n) is 20.4. The number of piperidine rings is 2. The Morgan fingerprint density at radius 3 is 1.97 bits per heavy atom. The molecule has 2 aromatic carbocycles. The summed E-state index contributed by atoms with van der Waals surface area (Å²) in [5, 5.41) is 4.48. The van der Waals surface area contributed by atoms with Gasteiger partial charge in [-0.05, 0) is 81.8 Å². The second-order valence-electron chi connectivity index (χ2n) is 15.3. The number of rotatable bonds is 14. The zero-order valence-electron chi connectivity index (χ0n) is 33.3. The highest BCUT2D eigenvalue weighted by Gasteiger charge is 2.40. The van der Waals surface area contributed by atoms with E-state index in [0.29, 0.717) is 29.8 Å². The van der Waals surface area contributed by atoms with Crippen LogP contribution in [0.5, 0.6) is 11.5 Å². The first kappa shape index (κ1) is 37.6. The quantitative estimate of drug-likeness (QED) is 0.107. The number of pyridine rings is 2. The highest BCUT2D eigenvalue weighted by molar-refractivity contribution is 5.75. The Morgan fingerprint density at radius 2 is 1.40 bits per heavy atom. The lowest BCUT2D eigenvalue weighted by Gasteiger charge is -2.47. The van der Waals surface area contributed by atoms with Crippen LogP contribution >= 0.6 is 0 Å². The van der Waals surface area contributed by atoms with Crippen molar-refractivity contribution in [1.82, 2.24) is 39.7 Å². The molecule has 1 atom stereocenters. The maximum absolute atomic E-state index is 6.59. The minimum Gasteiger partial charge on any atom is -0.490 e. The van der Waals surface area contributed by atoms with Gasteiger partial charge in [-0.3, -0.25) is 19.8 Å². The maximum atomic E-state index is 6.59. The van der Waals surface area contributed by atoms with E-state index in [0.717, 1.165) is 86.6 Å². The monoisotopic (exact) mass is 782 g/mol. The number of hydrogen-bond acceptors (Lipinski definition) is 13. The number of fused-ring (bicyclic) bond motifs is 2. The number of aromatic nitrogens is 6. The fraction of sp³-hybridized carbons (Fsp3) is 0.386. The number of likely N-dealkylation sites (tertiary alicyclic amines) is 2. The van der Waals surface area contributed by atoms with Crippen molar-refractivity contribution in [2.75, 3.05) is 42.8 Å². The summed E-state index contributed by atoms with van der Waals surface area (Å²) in [6, 6.07) is 21.9. The normalized spacial score (nSPS) is 16.6. The zero-order valence-corrected chi connectivity index (χ0v) is 33.3. The van der Waals surface area contributed by atoms with Crippen molar-refractivity contribution in [3.63, 3.8) is 0 Å². The van der Waals surface area contributed by atoms with Crippen molar-refractivity contribution in [1.29, 1.82) is 0 Å². The molecule has 5 aromatic heterocycles. The molecule has 14 heteroatoms. The van der Waals surface area contributed by atoms with Gasteiger partial charge in [-0.15, -0.1) is 0 Å². The SMILES string of the molecule is CCOc1cc(CN2CCC(N(c3nc4ccncc4o3)N(c3nc4ccncc4o3)C3CCN(C(c4ccccc4)c4cnc[nH]4)CC3)CC2)ccc1OC(C)C. The number of H-pyrrole nitrogens is 1. The van der Waals surface area contributed by atoms with Gasteiger partial charge in [-0.2, -0.15) is 9.97 Å². The highest BCUT2D eigenvalue weighted by Crippen LogP contribution is 2.38. The summed E-state index contributed by atoms with van der Waals surface area (Å²) in [5.41, 5.74) is 6.28. The summed E-state index contributed by atoms with van der Waals surface area (Å²) in [5.74, 6) is 1.57. The van der Waals surface area contributed by atoms with Crippen molar-refractivity contribution in [3.05, 3.63) is 115 Å². The smallest absolute Gasteiger partial charge is 0.318 e. The molecule has 1 unspecified atom stereocenters. The van der Waals surface area contributed by atoms with Gasteiger partial charge in [-0.25, -0.2) is 15.0 Å². The third-order valence-electron chi connectivity index (χ3n) is 11.1. The van der Waals surface area contributed by atoms with Gasteiger partial charge in [-0.1, -0.05) is 36.4 Å². The fourth-order valence-corrected chi connectivity index (χ4v) is 8.46. The molecule has 0 amide bonds. The van der Waals surface area contributed by atoms with Crippen molar-refractivity contribution in [2.24, 2.45) is 0 Å². The predicted octanol–water partition coefficient (Wildman–Crippen LogP) is 7.81. The van der Waals surface area contributed by atoms with Crippen LogP contribution in [0, 0.1) is 0 Å². The van der Waals surface area contributed by atoms with Crippen LogP contribution in [-0.2, 0) is 6.54 Å². The molecule has 0 aliphatic carbocycles. The van der Waals surface area contributed by atoms with E-state index in [2.05, 4.69) is 82.2 Å². The number of ether oxygens (including phenoxy) is 2. The summed E-state index contributed by atoms with van der Waals surface area (Å²) < 4.78 is 25.2. The van der Waals surface area contributed by atoms with Crippen LogP contribution < -0.4 is 19.5 Å². The Morgan fingerprint density at radius 1 is 0.759 bits per heavy atom. The number of hydrazine groups is 1. The van der Waals surface area contributed by atoms with Crippen molar-refractivity contribution in [3.8, 4) is 11.5 Å². The van der Waals surface area contributed by atoms with E-state index in [-0.39, 0.29) is 24.2 Å². The van der Waals surface area contributed by atoms with Gasteiger partial charge in [0, 0.05) is 51.3 Å². The summed E-state index contributed by atoms with van der Waals surface area (Å²) in [6.07, 6.45) is 14.2. The Hall–Kier alpha value is -5.99. The Bertz CT molecular complexity index is 2320. The number of imidazole rings is 1. The molecule has 2 aliphatic rings. The standard InChI is InChI=1S/C44H50N10O4/c1-4-55-39-24-31(10-11-38(39)56-30(2)3)28-51-20-14-33(15-21-51)53(43-49-35-12-18-45-26-40(35)57-43)54(44-50-36-13-19-46-27-41(36)58-44)34-16-22-52(23-17-34)42(37-25-47-29-48-37)32-8-6-5-7-9-32/h5-13,18-19,24-27,29-30,33-34,42H,4,14-17,20-23,28H2,1-3H3,(H,47,48). The van der Waals surface area contributed by atoms with E-state index in [4.69, 9.17) is 28.3 Å². The van der Waals surface area contributed by atoms with Crippen LogP contribution in [0.1, 0.15) is 69.3 Å². The second-order valence-corrected chi connectivity index (χ2v) is 15.3. The third-order valence-corrected chi connectivity index (χ3v) is 11.1. The number of anilines is 2. The molecule has 0 radical (unpaired) electrons. The third kappa shape index (κ3) is 7.94. The minimum absolute atomic E-state index is 0.0326. The first-order valence-corrected chi connectivity index (χ1v) is 20.4. The molecule has 58 heavy (non-hydrogen) atoms. The molecule has 0 bridgehead atoms. The van der Waals surface area contributed by atoms with E-state index < -0.39 is 0 Å². The summed E-state index contributed by atoms with van der Waals surface area (Å²) >= 11 is 0. The molecule has 7 heterocycles. The van der Waals surface area contributed by atoms with E-state index in [1.807, 2.05) is 45.2 Å². The maximum Gasteiger partial charge on any atom is 0.318 e. The lowest BCUT2D eigenvalue weighted by molar-refractivity contribution is 0.159. The van der Waals surface area contributed by atoms with Crippen LogP contribution in [-0.4, -0.2) is 90.7 Å². The molecule has 7 aromatic rings. The topological polar surface area (TPSA) is 138 Å². The lowest BCUT2D eigenvalue weighted by atomic mass is 9.97. The van der Waals surface area contributed by atoms with Crippen molar-refractivity contribution in [2.45, 2.75) is 77.2 Å². The fourth-order valence-electron chi connectivity index (χ4n) is 8.46. The van der Waals surface area contributed by atoms with Crippen molar-refractivity contribution >= 4 is 34.2 Å². The minimum atomic E-state index is 0.0326. The lowest BCUT2D eigenvalue weighted by Crippen LogP contribution is -2.59. The molecule has 2 aliphatic heterocycles. The molecule has 2 saturated heterocycles. The van der Waals surface area contributed by atoms with E-state index in [1.54, 1.807) is 31.1 Å². The van der Waals surface area contributed by atoms with E-state index >= 15 is 0 Å². The number of nitrogens with one attached hydrogen (secondary N) is 1. The van der Waals surface area contributed by atoms with Gasteiger partial charge in [0.2, 0.25) is 0 Å². The predicted molar refractivity (Wildman–Crippen MR) is 222 cm³/mol. The number of nitrogens with zero attached hydrogens (tertiary/aromatic N) is 9. The molecule has 300 valence electrons. The molecule has 1 N–H and O–H groups in total. The first-order chi connectivity index (χ1) is 28.5. The second kappa shape index (κ2) is 16.9. The largest absolute Gasteiger partial charge is 0.490 e. The molecular weight excluding hydrogens is 733 g/mol. The zero-order chi connectivity index (χ0) is 39.4. The van der Waals surface area contributed by atoms with Gasteiger partial charge in [0.15, 0.2) is 22.7 Å². The van der Waals surface area contributed by atoms with Crippen LogP contribution in [0.25, 0.3) is 22.2 Å². The molecule has 0 spiro atoms. The summed E-state index contributed by atoms with van der Waals surface area (Å²) in [4.78, 5) is 31.7. The number of aromatic amines is 1. The van der Waals surface area contributed by atoms with Crippen LogP contribution in [0.2, 0.25) is 0 Å². The molecular formula is C44H50N10O4. The van der Waals surface area contributed by atoms with Crippen LogP contribution in [0.3, 0.4) is 0 Å². The van der Waals surface area contributed by atoms with Crippen LogP contribution in [0.15, 0.2) is 107 Å². The molecule has 9 rings (SSSR count). The van der Waals surface area contributed by atoms with Crippen molar-refractivity contribution < 1.29 is 18.3 Å². The molecule has 0 saturated carbocycles. The summed E-state index contributed by atoms with van der Waals surface area (Å²) in [7, 11) is 0. The number of hydrogen-bond donors (Lipinski definition) is 1. The Balaban J connectivity index is 1.02. The molecule has 2 fully saturated rings. The van der Waals surface area contributed by atoms with Gasteiger partial charge in [0.1, 0.15) is 11.0 Å². The van der Waals surface area contributed by atoms with Gasteiger partial charge < -0.3 is 23.3 Å². The molecule has 14 nitrogen and oxygen atoms in total. The average molecular weight is 783 g/mol. The Kier molecular flexibility index (Phi) is 10.9. The van der Waals surface area contributed by atoms with E-state index in [1.165, 1.54) is 11.1 Å². The van der Waals surface area contributed by atoms with Gasteiger partial charge in [0.05, 0.1) is 55.3 Å². The summed E-state index contributed by atoms with van der Waals surface area (Å²) in [6.45, 7) is 10.9. The van der Waals surface area contributed by atoms with E-state index in [9.17, 15) is 0 Å². The van der Waals surface area contributed by atoms with Crippen LogP contribution in [0.4, 0.5) is 12.0 Å².